The lowest BCUT2D eigenvalue weighted by Gasteiger charge is -2.26. The largest absolute Gasteiger partial charge is 0.497 e. The first kappa shape index (κ1) is 22.5. The number of hydrogen-bond donors (Lipinski definition) is 0. The predicted molar refractivity (Wildman–Crippen MR) is 129 cm³/mol. The zero-order chi connectivity index (χ0) is 24.2. The quantitative estimate of drug-likeness (QED) is 0.317. The molecule has 0 radical (unpaired) electrons. The van der Waals surface area contributed by atoms with Gasteiger partial charge in [-0.25, -0.2) is 4.68 Å². The van der Waals surface area contributed by atoms with Crippen molar-refractivity contribution in [1.29, 1.82) is 5.26 Å². The fourth-order valence-corrected chi connectivity index (χ4v) is 3.76. The van der Waals surface area contributed by atoms with Crippen molar-refractivity contribution in [3.05, 3.63) is 95.7 Å². The molecule has 2 amide bonds. The Kier molecular flexibility index (Phi) is 6.24. The monoisotopic (exact) mass is 450 g/mol. The third kappa shape index (κ3) is 4.05. The van der Waals surface area contributed by atoms with E-state index in [1.54, 1.807) is 24.8 Å². The molecule has 0 atom stereocenters. The van der Waals surface area contributed by atoms with Crippen LogP contribution in [0.4, 0.5) is 0 Å². The molecule has 2 heterocycles. The number of nitrogens with zero attached hydrogens (tertiary/aromatic N) is 4. The van der Waals surface area contributed by atoms with E-state index in [1.165, 1.54) is 6.08 Å². The van der Waals surface area contributed by atoms with E-state index in [0.29, 0.717) is 22.6 Å². The number of benzene rings is 2. The van der Waals surface area contributed by atoms with Gasteiger partial charge >= 0.3 is 0 Å². The molecule has 0 fully saturated rings. The molecule has 0 aliphatic carbocycles. The number of carbonyl (C=O) groups excluding carboxylic acids is 2. The van der Waals surface area contributed by atoms with Crippen LogP contribution in [0.15, 0.2) is 90.2 Å². The number of aromatic nitrogens is 2. The molecule has 0 saturated carbocycles. The average molecular weight is 450 g/mol. The van der Waals surface area contributed by atoms with Crippen LogP contribution in [0.3, 0.4) is 0 Å². The summed E-state index contributed by atoms with van der Waals surface area (Å²) in [7, 11) is 1.60. The van der Waals surface area contributed by atoms with Gasteiger partial charge in [0.15, 0.2) is 0 Å². The van der Waals surface area contributed by atoms with Gasteiger partial charge in [0.25, 0.3) is 11.8 Å². The summed E-state index contributed by atoms with van der Waals surface area (Å²) in [6.45, 7) is 5.25. The molecule has 7 heteroatoms. The summed E-state index contributed by atoms with van der Waals surface area (Å²) in [6.07, 6.45) is 4.96. The van der Waals surface area contributed by atoms with E-state index < -0.39 is 11.8 Å². The van der Waals surface area contributed by atoms with Crippen LogP contribution < -0.4 is 4.74 Å². The summed E-state index contributed by atoms with van der Waals surface area (Å²) in [5, 5.41) is 14.3. The highest BCUT2D eigenvalue weighted by Gasteiger charge is 2.35. The van der Waals surface area contributed by atoms with Crippen molar-refractivity contribution >= 4 is 17.9 Å². The normalized spacial score (nSPS) is 15.0. The standard InChI is InChI=1S/C27H22N4O3/c1-4-14-30-26(32)23(18(2)24(16-28)27(30)33)15-20-17-31(21-8-6-5-7-9-21)29-25(20)19-10-12-22(34-3)13-11-19/h4-13,15,17H,1,14H2,2-3H3/b23-15+. The SMILES string of the molecule is C=CCN1C(=O)C(C#N)=C(C)/C(=C\c2cn(-c3ccccc3)nc2-c2ccc(OC)cc2)C1=O. The van der Waals surface area contributed by atoms with Gasteiger partial charge in [-0.3, -0.25) is 14.5 Å². The molecule has 3 aromatic rings. The number of ether oxygens (including phenoxy) is 1. The van der Waals surface area contributed by atoms with Crippen molar-refractivity contribution in [2.75, 3.05) is 13.7 Å². The number of para-hydroxylation sites is 1. The lowest BCUT2D eigenvalue weighted by atomic mass is 9.93. The third-order valence-corrected chi connectivity index (χ3v) is 5.56. The van der Waals surface area contributed by atoms with Gasteiger partial charge in [-0.1, -0.05) is 24.3 Å². The molecule has 168 valence electrons. The maximum Gasteiger partial charge on any atom is 0.271 e. The van der Waals surface area contributed by atoms with Crippen LogP contribution >= 0.6 is 0 Å². The summed E-state index contributed by atoms with van der Waals surface area (Å²) < 4.78 is 7.00. The number of rotatable bonds is 6. The summed E-state index contributed by atoms with van der Waals surface area (Å²) in [4.78, 5) is 26.9. The minimum atomic E-state index is -0.614. The first-order chi connectivity index (χ1) is 16.5. The molecule has 1 aromatic heterocycles. The van der Waals surface area contributed by atoms with Crippen LogP contribution in [-0.2, 0) is 9.59 Å². The Labute approximate surface area is 197 Å². The first-order valence-electron chi connectivity index (χ1n) is 10.6. The zero-order valence-electron chi connectivity index (χ0n) is 18.9. The second-order valence-corrected chi connectivity index (χ2v) is 7.62. The highest BCUT2D eigenvalue weighted by atomic mass is 16.5. The first-order valence-corrected chi connectivity index (χ1v) is 10.6. The Morgan fingerprint density at radius 2 is 1.79 bits per heavy atom. The van der Waals surface area contributed by atoms with E-state index in [2.05, 4.69) is 6.58 Å². The van der Waals surface area contributed by atoms with Crippen LogP contribution in [0.25, 0.3) is 23.0 Å². The highest BCUT2D eigenvalue weighted by molar-refractivity contribution is 6.19. The Morgan fingerprint density at radius 3 is 2.41 bits per heavy atom. The van der Waals surface area contributed by atoms with Crippen molar-refractivity contribution in [2.24, 2.45) is 0 Å². The Hall–Kier alpha value is -4.70. The molecular formula is C27H22N4O3. The number of nitriles is 1. The Bertz CT molecular complexity index is 1370. The molecule has 34 heavy (non-hydrogen) atoms. The maximum atomic E-state index is 13.2. The van der Waals surface area contributed by atoms with Crippen molar-refractivity contribution in [3.8, 4) is 28.8 Å². The smallest absolute Gasteiger partial charge is 0.271 e. The molecule has 0 saturated heterocycles. The van der Waals surface area contributed by atoms with E-state index >= 15 is 0 Å². The minimum absolute atomic E-state index is 0.0160. The summed E-state index contributed by atoms with van der Waals surface area (Å²) in [5.74, 6) is -0.378. The van der Waals surface area contributed by atoms with Crippen LogP contribution in [0.5, 0.6) is 5.75 Å². The van der Waals surface area contributed by atoms with Gasteiger partial charge in [0.1, 0.15) is 17.4 Å². The van der Waals surface area contributed by atoms with Gasteiger partial charge in [-0.05, 0) is 55.0 Å². The minimum Gasteiger partial charge on any atom is -0.497 e. The Balaban J connectivity index is 1.91. The van der Waals surface area contributed by atoms with Gasteiger partial charge in [0.05, 0.1) is 18.5 Å². The summed E-state index contributed by atoms with van der Waals surface area (Å²) >= 11 is 0. The summed E-state index contributed by atoms with van der Waals surface area (Å²) in [6, 6.07) is 19.0. The van der Waals surface area contributed by atoms with Crippen molar-refractivity contribution in [2.45, 2.75) is 6.92 Å². The molecular weight excluding hydrogens is 428 g/mol. The van der Waals surface area contributed by atoms with Crippen LogP contribution in [0.1, 0.15) is 12.5 Å². The molecule has 0 N–H and O–H groups in total. The molecule has 0 spiro atoms. The lowest BCUT2D eigenvalue weighted by Crippen LogP contribution is -2.42. The van der Waals surface area contributed by atoms with Gasteiger partial charge in [0, 0.05) is 29.4 Å². The molecule has 4 rings (SSSR count). The van der Waals surface area contributed by atoms with E-state index in [4.69, 9.17) is 9.84 Å². The van der Waals surface area contributed by atoms with Crippen molar-refractivity contribution < 1.29 is 14.3 Å². The number of imide groups is 1. The van der Waals surface area contributed by atoms with Gasteiger partial charge in [0.2, 0.25) is 0 Å². The van der Waals surface area contributed by atoms with Gasteiger partial charge in [-0.15, -0.1) is 6.58 Å². The zero-order valence-corrected chi connectivity index (χ0v) is 18.9. The van der Waals surface area contributed by atoms with Crippen LogP contribution in [-0.4, -0.2) is 40.1 Å². The number of methoxy groups -OCH3 is 1. The fourth-order valence-electron chi connectivity index (χ4n) is 3.76. The highest BCUT2D eigenvalue weighted by Crippen LogP contribution is 2.31. The second kappa shape index (κ2) is 9.43. The number of carbonyl (C=O) groups is 2. The second-order valence-electron chi connectivity index (χ2n) is 7.62. The molecule has 0 bridgehead atoms. The van der Waals surface area contributed by atoms with E-state index in [0.717, 1.165) is 16.2 Å². The van der Waals surface area contributed by atoms with Gasteiger partial charge < -0.3 is 4.74 Å². The molecule has 1 aliphatic rings. The molecule has 1 aliphatic heterocycles. The number of hydrogen-bond acceptors (Lipinski definition) is 5. The lowest BCUT2D eigenvalue weighted by molar-refractivity contribution is -0.139. The van der Waals surface area contributed by atoms with E-state index in [9.17, 15) is 14.9 Å². The topological polar surface area (TPSA) is 88.2 Å². The maximum absolute atomic E-state index is 13.2. The molecule has 7 nitrogen and oxygen atoms in total. The Morgan fingerprint density at radius 1 is 1.09 bits per heavy atom. The third-order valence-electron chi connectivity index (χ3n) is 5.56. The fraction of sp³-hybridized carbons (Fsp3) is 0.111. The van der Waals surface area contributed by atoms with E-state index in [1.807, 2.05) is 66.9 Å². The average Bonchev–Trinajstić information content (AvgIpc) is 3.29. The molecule has 0 unspecified atom stereocenters. The number of amides is 2. The molecule has 2 aromatic carbocycles. The van der Waals surface area contributed by atoms with Crippen molar-refractivity contribution in [1.82, 2.24) is 14.7 Å². The predicted octanol–water partition coefficient (Wildman–Crippen LogP) is 4.33. The van der Waals surface area contributed by atoms with Crippen LogP contribution in [0.2, 0.25) is 0 Å². The summed E-state index contributed by atoms with van der Waals surface area (Å²) in [5.41, 5.74) is 3.53. The van der Waals surface area contributed by atoms with Gasteiger partial charge in [-0.2, -0.15) is 10.4 Å². The van der Waals surface area contributed by atoms with Crippen LogP contribution in [0, 0.1) is 11.3 Å². The van der Waals surface area contributed by atoms with E-state index in [-0.39, 0.29) is 17.7 Å². The van der Waals surface area contributed by atoms with Crippen molar-refractivity contribution in [3.63, 3.8) is 0 Å².